The third kappa shape index (κ3) is 4.39. The number of piperidine rings is 1. The number of aromatic nitrogens is 2. The summed E-state index contributed by atoms with van der Waals surface area (Å²) >= 11 is 0. The average molecular weight is 384 g/mol. The highest BCUT2D eigenvalue weighted by atomic mass is 32.2. The molecule has 0 amide bonds. The van der Waals surface area contributed by atoms with Gasteiger partial charge in [0.2, 0.25) is 0 Å². The SMILES string of the molecule is CS(=O)(=O)c1ccc(CN2CCC[C@@H](Cc3nc4ccccc4[nH]3)C2)cc1. The Hall–Kier alpha value is -2.18. The number of benzene rings is 2. The Kier molecular flexibility index (Phi) is 5.02. The number of H-pyrrole nitrogens is 1. The zero-order chi connectivity index (χ0) is 18.9. The van der Waals surface area contributed by atoms with Crippen molar-refractivity contribution in [3.05, 3.63) is 59.9 Å². The second-order valence-electron chi connectivity index (χ2n) is 7.56. The van der Waals surface area contributed by atoms with Crippen LogP contribution in [0.2, 0.25) is 0 Å². The molecule has 1 atom stereocenters. The Labute approximate surface area is 160 Å². The zero-order valence-corrected chi connectivity index (χ0v) is 16.4. The highest BCUT2D eigenvalue weighted by molar-refractivity contribution is 7.90. The molecule has 1 aromatic heterocycles. The molecule has 1 fully saturated rings. The summed E-state index contributed by atoms with van der Waals surface area (Å²) < 4.78 is 23.2. The lowest BCUT2D eigenvalue weighted by Crippen LogP contribution is -2.35. The lowest BCUT2D eigenvalue weighted by Gasteiger charge is -2.32. The quantitative estimate of drug-likeness (QED) is 0.733. The Bertz CT molecular complexity index is 992. The first kappa shape index (κ1) is 18.2. The Morgan fingerprint density at radius 3 is 2.67 bits per heavy atom. The molecule has 1 aliphatic heterocycles. The lowest BCUT2D eigenvalue weighted by atomic mass is 9.94. The molecule has 0 aliphatic carbocycles. The van der Waals surface area contributed by atoms with E-state index in [0.717, 1.165) is 48.5 Å². The average Bonchev–Trinajstić information content (AvgIpc) is 3.04. The van der Waals surface area contributed by atoms with Crippen LogP contribution in [-0.2, 0) is 22.8 Å². The van der Waals surface area contributed by atoms with Crippen molar-refractivity contribution in [1.82, 2.24) is 14.9 Å². The molecule has 1 N–H and O–H groups in total. The standard InChI is InChI=1S/C21H25N3O2S/c1-27(25,26)18-10-8-16(9-11-18)14-24-12-4-5-17(15-24)13-21-22-19-6-2-3-7-20(19)23-21/h2-3,6-11,17H,4-5,12-15H2,1H3,(H,22,23)/t17-/m0/s1. The number of aromatic amines is 1. The minimum absolute atomic E-state index is 0.382. The van der Waals surface area contributed by atoms with E-state index in [1.54, 1.807) is 12.1 Å². The van der Waals surface area contributed by atoms with Crippen molar-refractivity contribution >= 4 is 20.9 Å². The molecule has 0 bridgehead atoms. The molecule has 0 radical (unpaired) electrons. The molecular weight excluding hydrogens is 358 g/mol. The van der Waals surface area contributed by atoms with Crippen LogP contribution in [0.5, 0.6) is 0 Å². The predicted octanol–water partition coefficient (Wildman–Crippen LogP) is 3.42. The van der Waals surface area contributed by atoms with Gasteiger partial charge in [-0.15, -0.1) is 0 Å². The van der Waals surface area contributed by atoms with E-state index in [-0.39, 0.29) is 0 Å². The second kappa shape index (κ2) is 7.44. The van der Waals surface area contributed by atoms with Gasteiger partial charge >= 0.3 is 0 Å². The monoisotopic (exact) mass is 383 g/mol. The van der Waals surface area contributed by atoms with Gasteiger partial charge in [0.25, 0.3) is 0 Å². The van der Waals surface area contributed by atoms with Gasteiger partial charge in [-0.3, -0.25) is 4.90 Å². The third-order valence-corrected chi connectivity index (χ3v) is 6.41. The molecule has 1 aliphatic rings. The van der Waals surface area contributed by atoms with E-state index in [2.05, 4.69) is 16.0 Å². The third-order valence-electron chi connectivity index (χ3n) is 5.28. The van der Waals surface area contributed by atoms with Gasteiger partial charge in [0.05, 0.1) is 15.9 Å². The zero-order valence-electron chi connectivity index (χ0n) is 15.6. The molecule has 3 aromatic rings. The summed E-state index contributed by atoms with van der Waals surface area (Å²) in [7, 11) is -3.13. The van der Waals surface area contributed by atoms with Crippen LogP contribution in [0.1, 0.15) is 24.2 Å². The van der Waals surface area contributed by atoms with Gasteiger partial charge in [0.1, 0.15) is 5.82 Å². The Balaban J connectivity index is 1.39. The molecule has 2 heterocycles. The molecule has 142 valence electrons. The number of nitrogens with one attached hydrogen (secondary N) is 1. The first-order valence-electron chi connectivity index (χ1n) is 9.42. The molecule has 4 rings (SSSR count). The van der Waals surface area contributed by atoms with E-state index in [1.165, 1.54) is 19.1 Å². The van der Waals surface area contributed by atoms with E-state index >= 15 is 0 Å². The van der Waals surface area contributed by atoms with Gasteiger partial charge in [0.15, 0.2) is 9.84 Å². The number of rotatable bonds is 5. The summed E-state index contributed by atoms with van der Waals surface area (Å²) in [6.45, 7) is 3.00. The van der Waals surface area contributed by atoms with E-state index in [0.29, 0.717) is 10.8 Å². The summed E-state index contributed by atoms with van der Waals surface area (Å²) in [4.78, 5) is 11.0. The van der Waals surface area contributed by atoms with Crippen LogP contribution in [0, 0.1) is 5.92 Å². The molecule has 0 unspecified atom stereocenters. The van der Waals surface area contributed by atoms with E-state index in [1.807, 2.05) is 30.3 Å². The summed E-state index contributed by atoms with van der Waals surface area (Å²) in [5, 5.41) is 0. The number of likely N-dealkylation sites (tertiary alicyclic amines) is 1. The first-order valence-corrected chi connectivity index (χ1v) is 11.3. The van der Waals surface area contributed by atoms with Crippen molar-refractivity contribution in [2.75, 3.05) is 19.3 Å². The molecule has 2 aromatic carbocycles. The minimum Gasteiger partial charge on any atom is -0.342 e. The van der Waals surface area contributed by atoms with E-state index in [4.69, 9.17) is 4.98 Å². The number of hydrogen-bond donors (Lipinski definition) is 1. The number of sulfone groups is 1. The smallest absolute Gasteiger partial charge is 0.175 e. The summed E-state index contributed by atoms with van der Waals surface area (Å²) in [5.74, 6) is 1.66. The van der Waals surface area contributed by atoms with Crippen LogP contribution >= 0.6 is 0 Å². The Morgan fingerprint density at radius 1 is 1.15 bits per heavy atom. The first-order chi connectivity index (χ1) is 13.0. The molecule has 5 nitrogen and oxygen atoms in total. The van der Waals surface area contributed by atoms with Gasteiger partial charge < -0.3 is 4.98 Å². The number of para-hydroxylation sites is 2. The normalized spacial score (nSPS) is 18.8. The lowest BCUT2D eigenvalue weighted by molar-refractivity contribution is 0.166. The largest absolute Gasteiger partial charge is 0.342 e. The second-order valence-corrected chi connectivity index (χ2v) is 9.58. The van der Waals surface area contributed by atoms with E-state index < -0.39 is 9.84 Å². The topological polar surface area (TPSA) is 66.1 Å². The van der Waals surface area contributed by atoms with Crippen LogP contribution in [0.3, 0.4) is 0 Å². The fourth-order valence-corrected chi connectivity index (χ4v) is 4.57. The summed E-state index contributed by atoms with van der Waals surface area (Å²) in [6.07, 6.45) is 4.63. The van der Waals surface area contributed by atoms with Crippen molar-refractivity contribution in [2.45, 2.75) is 30.7 Å². The molecule has 1 saturated heterocycles. The maximum Gasteiger partial charge on any atom is 0.175 e. The fourth-order valence-electron chi connectivity index (χ4n) is 3.94. The van der Waals surface area contributed by atoms with Crippen LogP contribution in [-0.4, -0.2) is 42.6 Å². The maximum absolute atomic E-state index is 11.6. The summed E-state index contributed by atoms with van der Waals surface area (Å²) in [6, 6.07) is 15.4. The van der Waals surface area contributed by atoms with Gasteiger partial charge in [-0.25, -0.2) is 13.4 Å². The molecule has 0 spiro atoms. The summed E-state index contributed by atoms with van der Waals surface area (Å²) in [5.41, 5.74) is 3.30. The van der Waals surface area contributed by atoms with Crippen molar-refractivity contribution in [1.29, 1.82) is 0 Å². The molecule has 27 heavy (non-hydrogen) atoms. The maximum atomic E-state index is 11.6. The van der Waals surface area contributed by atoms with Crippen LogP contribution in [0.25, 0.3) is 11.0 Å². The van der Waals surface area contributed by atoms with Crippen molar-refractivity contribution in [3.8, 4) is 0 Å². The fraction of sp³-hybridized carbons (Fsp3) is 0.381. The molecule has 0 saturated carbocycles. The van der Waals surface area contributed by atoms with Crippen LogP contribution in [0.4, 0.5) is 0 Å². The number of nitrogens with zero attached hydrogens (tertiary/aromatic N) is 2. The van der Waals surface area contributed by atoms with Gasteiger partial charge in [-0.1, -0.05) is 24.3 Å². The van der Waals surface area contributed by atoms with Crippen molar-refractivity contribution in [3.63, 3.8) is 0 Å². The Morgan fingerprint density at radius 2 is 1.93 bits per heavy atom. The van der Waals surface area contributed by atoms with E-state index in [9.17, 15) is 8.42 Å². The molecular formula is C21H25N3O2S. The number of imidazole rings is 1. The van der Waals surface area contributed by atoms with Crippen molar-refractivity contribution < 1.29 is 8.42 Å². The van der Waals surface area contributed by atoms with Gasteiger partial charge in [0, 0.05) is 25.8 Å². The van der Waals surface area contributed by atoms with Crippen molar-refractivity contribution in [2.24, 2.45) is 5.92 Å². The highest BCUT2D eigenvalue weighted by Crippen LogP contribution is 2.23. The van der Waals surface area contributed by atoms with Gasteiger partial charge in [-0.2, -0.15) is 0 Å². The van der Waals surface area contributed by atoms with Gasteiger partial charge in [-0.05, 0) is 55.1 Å². The highest BCUT2D eigenvalue weighted by Gasteiger charge is 2.21. The molecule has 6 heteroatoms. The predicted molar refractivity (Wildman–Crippen MR) is 107 cm³/mol. The van der Waals surface area contributed by atoms with Crippen LogP contribution < -0.4 is 0 Å². The number of hydrogen-bond acceptors (Lipinski definition) is 4. The minimum atomic E-state index is -3.13. The number of fused-ring (bicyclic) bond motifs is 1. The van der Waals surface area contributed by atoms with Crippen LogP contribution in [0.15, 0.2) is 53.4 Å².